The molecule has 5 nitrogen and oxygen atoms in total. The summed E-state index contributed by atoms with van der Waals surface area (Å²) in [5.74, 6) is 0.476. The number of piperazine rings is 1. The zero-order valence-corrected chi connectivity index (χ0v) is 12.7. The highest BCUT2D eigenvalue weighted by Gasteiger charge is 2.18. The number of nitrogens with one attached hydrogen (secondary N) is 2. The van der Waals surface area contributed by atoms with Gasteiger partial charge in [0.25, 0.3) is 0 Å². The van der Waals surface area contributed by atoms with Gasteiger partial charge >= 0.3 is 0 Å². The van der Waals surface area contributed by atoms with Crippen molar-refractivity contribution in [3.63, 3.8) is 0 Å². The second kappa shape index (κ2) is 6.58. The fourth-order valence-corrected chi connectivity index (χ4v) is 2.68. The Morgan fingerprint density at radius 2 is 1.86 bits per heavy atom. The molecule has 2 aromatic carbocycles. The number of rotatable bonds is 3. The summed E-state index contributed by atoms with van der Waals surface area (Å²) in [5, 5.41) is 9.90. The van der Waals surface area contributed by atoms with Crippen LogP contribution in [-0.4, -0.2) is 42.7 Å². The average molecular weight is 296 g/mol. The number of carbonyl (C=O) groups excluding carboxylic acids is 1. The van der Waals surface area contributed by atoms with Crippen LogP contribution in [0.25, 0.3) is 10.8 Å². The number of amidine groups is 1. The van der Waals surface area contributed by atoms with E-state index in [0.29, 0.717) is 5.84 Å². The number of carbonyl (C=O) groups is 1. The molecule has 1 saturated heterocycles. The molecule has 0 saturated carbocycles. The van der Waals surface area contributed by atoms with Gasteiger partial charge in [-0.3, -0.25) is 10.2 Å². The summed E-state index contributed by atoms with van der Waals surface area (Å²) >= 11 is 0. The molecule has 0 radical (unpaired) electrons. The van der Waals surface area contributed by atoms with E-state index in [2.05, 4.69) is 28.0 Å². The summed E-state index contributed by atoms with van der Waals surface area (Å²) in [6.45, 7) is 4.91. The SMILES string of the molecule is CC(=O)C(=NNc1cccc2ccccc12)N1CCNCC1. The molecule has 1 fully saturated rings. The van der Waals surface area contributed by atoms with Crippen LogP contribution in [0.15, 0.2) is 47.6 Å². The summed E-state index contributed by atoms with van der Waals surface area (Å²) in [7, 11) is 0. The van der Waals surface area contributed by atoms with Crippen LogP contribution >= 0.6 is 0 Å². The Morgan fingerprint density at radius 1 is 1.14 bits per heavy atom. The zero-order valence-electron chi connectivity index (χ0n) is 12.7. The smallest absolute Gasteiger partial charge is 0.196 e. The summed E-state index contributed by atoms with van der Waals surface area (Å²) in [5.41, 5.74) is 3.98. The van der Waals surface area contributed by atoms with E-state index in [1.807, 2.05) is 35.2 Å². The number of hydrogen-bond acceptors (Lipinski definition) is 4. The minimum absolute atomic E-state index is 0.0189. The quantitative estimate of drug-likeness (QED) is 0.517. The largest absolute Gasteiger partial charge is 0.350 e. The molecule has 22 heavy (non-hydrogen) atoms. The second-order valence-electron chi connectivity index (χ2n) is 5.37. The van der Waals surface area contributed by atoms with Gasteiger partial charge in [0.15, 0.2) is 11.6 Å². The first-order chi connectivity index (χ1) is 10.8. The van der Waals surface area contributed by atoms with E-state index in [1.165, 1.54) is 0 Å². The Balaban J connectivity index is 1.87. The van der Waals surface area contributed by atoms with Gasteiger partial charge < -0.3 is 10.2 Å². The maximum absolute atomic E-state index is 11.9. The fourth-order valence-electron chi connectivity index (χ4n) is 2.68. The van der Waals surface area contributed by atoms with Crippen molar-refractivity contribution in [1.82, 2.24) is 10.2 Å². The van der Waals surface area contributed by atoms with Crippen LogP contribution in [0.2, 0.25) is 0 Å². The molecule has 0 bridgehead atoms. The lowest BCUT2D eigenvalue weighted by molar-refractivity contribution is -0.111. The summed E-state index contributed by atoms with van der Waals surface area (Å²) in [6.07, 6.45) is 0. The molecular weight excluding hydrogens is 276 g/mol. The monoisotopic (exact) mass is 296 g/mol. The summed E-state index contributed by atoms with van der Waals surface area (Å²) in [4.78, 5) is 13.9. The second-order valence-corrected chi connectivity index (χ2v) is 5.37. The van der Waals surface area contributed by atoms with Crippen LogP contribution in [-0.2, 0) is 4.79 Å². The number of nitrogens with zero attached hydrogens (tertiary/aromatic N) is 2. The van der Waals surface area contributed by atoms with Gasteiger partial charge in [-0.05, 0) is 11.5 Å². The highest BCUT2D eigenvalue weighted by Crippen LogP contribution is 2.22. The van der Waals surface area contributed by atoms with E-state index in [-0.39, 0.29) is 5.78 Å². The first kappa shape index (κ1) is 14.5. The van der Waals surface area contributed by atoms with Gasteiger partial charge in [-0.2, -0.15) is 5.10 Å². The summed E-state index contributed by atoms with van der Waals surface area (Å²) < 4.78 is 0. The Morgan fingerprint density at radius 3 is 2.64 bits per heavy atom. The van der Waals surface area contributed by atoms with Gasteiger partial charge in [0.05, 0.1) is 5.69 Å². The maximum atomic E-state index is 11.9. The van der Waals surface area contributed by atoms with Gasteiger partial charge in [-0.15, -0.1) is 0 Å². The van der Waals surface area contributed by atoms with Crippen molar-refractivity contribution in [3.05, 3.63) is 42.5 Å². The van der Waals surface area contributed by atoms with E-state index < -0.39 is 0 Å². The molecule has 2 aromatic rings. The standard InChI is InChI=1S/C17H20N4O/c1-13(22)17(21-11-9-18-10-12-21)20-19-16-8-4-6-14-5-2-3-7-15(14)16/h2-8,18-19H,9-12H2,1H3. The lowest BCUT2D eigenvalue weighted by atomic mass is 10.1. The number of fused-ring (bicyclic) bond motifs is 1. The number of ketones is 1. The highest BCUT2D eigenvalue weighted by atomic mass is 16.1. The molecule has 1 heterocycles. The van der Waals surface area contributed by atoms with Gasteiger partial charge in [0.2, 0.25) is 0 Å². The van der Waals surface area contributed by atoms with Crippen molar-refractivity contribution in [2.24, 2.45) is 5.10 Å². The van der Waals surface area contributed by atoms with Crippen molar-refractivity contribution < 1.29 is 4.79 Å². The topological polar surface area (TPSA) is 56.7 Å². The van der Waals surface area contributed by atoms with Crippen LogP contribution in [0.3, 0.4) is 0 Å². The minimum atomic E-state index is -0.0189. The third-order valence-electron chi connectivity index (χ3n) is 3.80. The van der Waals surface area contributed by atoms with E-state index in [0.717, 1.165) is 42.6 Å². The van der Waals surface area contributed by atoms with E-state index >= 15 is 0 Å². The molecule has 2 N–H and O–H groups in total. The molecular formula is C17H20N4O. The van der Waals surface area contributed by atoms with Crippen LogP contribution < -0.4 is 10.7 Å². The van der Waals surface area contributed by atoms with Crippen molar-refractivity contribution in [2.45, 2.75) is 6.92 Å². The Labute approximate surface area is 130 Å². The molecule has 0 spiro atoms. The maximum Gasteiger partial charge on any atom is 0.196 e. The van der Waals surface area contributed by atoms with Crippen molar-refractivity contribution in [1.29, 1.82) is 0 Å². The molecule has 0 aliphatic carbocycles. The summed E-state index contributed by atoms with van der Waals surface area (Å²) in [6, 6.07) is 14.1. The molecule has 3 rings (SSSR count). The van der Waals surface area contributed by atoms with Crippen LogP contribution in [0, 0.1) is 0 Å². The van der Waals surface area contributed by atoms with Gasteiger partial charge in [0.1, 0.15) is 0 Å². The molecule has 0 amide bonds. The van der Waals surface area contributed by atoms with Crippen LogP contribution in [0.5, 0.6) is 0 Å². The molecule has 5 heteroatoms. The Bertz CT molecular complexity index is 699. The Hall–Kier alpha value is -2.40. The molecule has 0 unspecified atom stereocenters. The van der Waals surface area contributed by atoms with Crippen LogP contribution in [0.4, 0.5) is 5.69 Å². The number of anilines is 1. The van der Waals surface area contributed by atoms with Crippen molar-refractivity contribution in [3.8, 4) is 0 Å². The molecule has 0 atom stereocenters. The van der Waals surface area contributed by atoms with Crippen molar-refractivity contribution in [2.75, 3.05) is 31.6 Å². The first-order valence-electron chi connectivity index (χ1n) is 7.54. The number of benzene rings is 2. The lowest BCUT2D eigenvalue weighted by Crippen LogP contribution is -2.48. The predicted octanol–water partition coefficient (Wildman–Crippen LogP) is 2.06. The minimum Gasteiger partial charge on any atom is -0.350 e. The van der Waals surface area contributed by atoms with E-state index in [1.54, 1.807) is 6.92 Å². The zero-order chi connectivity index (χ0) is 15.4. The van der Waals surface area contributed by atoms with E-state index in [4.69, 9.17) is 0 Å². The third kappa shape index (κ3) is 3.09. The average Bonchev–Trinajstić information content (AvgIpc) is 2.56. The highest BCUT2D eigenvalue weighted by molar-refractivity contribution is 6.38. The van der Waals surface area contributed by atoms with Gasteiger partial charge in [-0.25, -0.2) is 0 Å². The lowest BCUT2D eigenvalue weighted by Gasteiger charge is -2.29. The molecule has 114 valence electrons. The first-order valence-corrected chi connectivity index (χ1v) is 7.54. The predicted molar refractivity (Wildman–Crippen MR) is 90.1 cm³/mol. The number of hydrogen-bond donors (Lipinski definition) is 2. The third-order valence-corrected chi connectivity index (χ3v) is 3.80. The Kier molecular flexibility index (Phi) is 4.34. The molecule has 1 aliphatic rings. The molecule has 1 aliphatic heterocycles. The normalized spacial score (nSPS) is 15.9. The fraction of sp³-hybridized carbons (Fsp3) is 0.294. The van der Waals surface area contributed by atoms with Crippen LogP contribution in [0.1, 0.15) is 6.92 Å². The number of Topliss-reactive ketones (excluding diaryl/α,β-unsaturated/α-hetero) is 1. The number of hydrazone groups is 1. The van der Waals surface area contributed by atoms with Gasteiger partial charge in [0, 0.05) is 38.5 Å². The van der Waals surface area contributed by atoms with Crippen molar-refractivity contribution >= 4 is 28.1 Å². The molecule has 0 aromatic heterocycles. The van der Waals surface area contributed by atoms with E-state index in [9.17, 15) is 4.79 Å². The van der Waals surface area contributed by atoms with Gasteiger partial charge in [-0.1, -0.05) is 36.4 Å².